The van der Waals surface area contributed by atoms with Crippen LogP contribution in [-0.4, -0.2) is 49.9 Å². The first-order valence-corrected chi connectivity index (χ1v) is 10.1. The Bertz CT molecular complexity index is 957. The summed E-state index contributed by atoms with van der Waals surface area (Å²) in [7, 11) is 1.34. The van der Waals surface area contributed by atoms with E-state index in [-0.39, 0.29) is 30.6 Å². The van der Waals surface area contributed by atoms with Crippen molar-refractivity contribution in [2.75, 3.05) is 25.3 Å². The molecular formula is C23H25N3O5. The van der Waals surface area contributed by atoms with Crippen molar-refractivity contribution < 1.29 is 23.9 Å². The molecule has 8 heteroatoms. The minimum Gasteiger partial charge on any atom is -0.465 e. The van der Waals surface area contributed by atoms with Gasteiger partial charge < -0.3 is 14.8 Å². The third-order valence-corrected chi connectivity index (χ3v) is 4.83. The number of ether oxygens (including phenoxy) is 2. The number of hydrazone groups is 1. The highest BCUT2D eigenvalue weighted by Gasteiger charge is 2.36. The fraction of sp³-hybridized carbons (Fsp3) is 0.304. The zero-order chi connectivity index (χ0) is 22.2. The summed E-state index contributed by atoms with van der Waals surface area (Å²) in [5.41, 5.74) is 2.40. The van der Waals surface area contributed by atoms with Crippen molar-refractivity contribution in [3.05, 3.63) is 65.7 Å². The standard InChI is InChI=1S/C23H25N3O5/c1-3-31-23(29)19-15-20(26(25-19)18-7-5-4-6-8-18)21(27)24-14-13-16-9-11-17(12-10-16)22(28)30-2/h4-12,20H,3,13-15H2,1-2H3,(H,24,27). The molecule has 0 radical (unpaired) electrons. The van der Waals surface area contributed by atoms with Gasteiger partial charge in [-0.15, -0.1) is 0 Å². The van der Waals surface area contributed by atoms with Crippen molar-refractivity contribution in [2.45, 2.75) is 25.8 Å². The van der Waals surface area contributed by atoms with Crippen molar-refractivity contribution in [1.82, 2.24) is 5.32 Å². The van der Waals surface area contributed by atoms with Gasteiger partial charge in [0.1, 0.15) is 11.8 Å². The topological polar surface area (TPSA) is 97.3 Å². The van der Waals surface area contributed by atoms with Gasteiger partial charge in [-0.2, -0.15) is 5.10 Å². The number of para-hydroxylation sites is 1. The lowest BCUT2D eigenvalue weighted by molar-refractivity contribution is -0.135. The van der Waals surface area contributed by atoms with E-state index in [1.54, 1.807) is 24.1 Å². The van der Waals surface area contributed by atoms with Gasteiger partial charge in [0.2, 0.25) is 5.91 Å². The Kier molecular flexibility index (Phi) is 7.37. The largest absolute Gasteiger partial charge is 0.465 e. The molecule has 1 amide bonds. The van der Waals surface area contributed by atoms with E-state index in [0.29, 0.717) is 18.5 Å². The molecule has 0 saturated carbocycles. The molecule has 3 rings (SSSR count). The third-order valence-electron chi connectivity index (χ3n) is 4.83. The molecule has 1 heterocycles. The van der Waals surface area contributed by atoms with Gasteiger partial charge in [0.15, 0.2) is 0 Å². The average Bonchev–Trinajstić information content (AvgIpc) is 3.25. The van der Waals surface area contributed by atoms with E-state index in [1.807, 2.05) is 42.5 Å². The summed E-state index contributed by atoms with van der Waals surface area (Å²) in [5.74, 6) is -1.12. The van der Waals surface area contributed by atoms with E-state index in [9.17, 15) is 14.4 Å². The Morgan fingerprint density at radius 1 is 1.06 bits per heavy atom. The molecule has 0 spiro atoms. The fourth-order valence-electron chi connectivity index (χ4n) is 3.24. The Morgan fingerprint density at radius 3 is 2.42 bits per heavy atom. The minimum atomic E-state index is -0.636. The third kappa shape index (κ3) is 5.48. The van der Waals surface area contributed by atoms with Crippen molar-refractivity contribution >= 4 is 29.2 Å². The molecule has 2 aromatic rings. The number of hydrogen-bond donors (Lipinski definition) is 1. The predicted molar refractivity (Wildman–Crippen MR) is 116 cm³/mol. The summed E-state index contributed by atoms with van der Waals surface area (Å²) in [6, 6.07) is 15.6. The predicted octanol–water partition coefficient (Wildman–Crippen LogP) is 2.33. The van der Waals surface area contributed by atoms with E-state index in [0.717, 1.165) is 11.3 Å². The second kappa shape index (κ2) is 10.4. The summed E-state index contributed by atoms with van der Waals surface area (Å²) < 4.78 is 9.74. The molecule has 1 unspecified atom stereocenters. The number of amides is 1. The highest BCUT2D eigenvalue weighted by Crippen LogP contribution is 2.25. The second-order valence-electron chi connectivity index (χ2n) is 6.90. The van der Waals surface area contributed by atoms with E-state index < -0.39 is 12.0 Å². The molecule has 0 aliphatic carbocycles. The highest BCUT2D eigenvalue weighted by molar-refractivity contribution is 6.38. The van der Waals surface area contributed by atoms with Crippen molar-refractivity contribution in [2.24, 2.45) is 5.10 Å². The number of rotatable bonds is 8. The van der Waals surface area contributed by atoms with Gasteiger partial charge in [0.25, 0.3) is 0 Å². The maximum atomic E-state index is 12.9. The number of carbonyl (C=O) groups excluding carboxylic acids is 3. The number of nitrogens with zero attached hydrogens (tertiary/aromatic N) is 2. The average molecular weight is 423 g/mol. The van der Waals surface area contributed by atoms with Crippen LogP contribution in [0.2, 0.25) is 0 Å². The van der Waals surface area contributed by atoms with Gasteiger partial charge in [-0.25, -0.2) is 9.59 Å². The minimum absolute atomic E-state index is 0.174. The molecule has 1 aliphatic heterocycles. The molecular weight excluding hydrogens is 398 g/mol. The summed E-state index contributed by atoms with van der Waals surface area (Å²) in [6.07, 6.45) is 0.768. The van der Waals surface area contributed by atoms with Crippen LogP contribution < -0.4 is 10.3 Å². The summed E-state index contributed by atoms with van der Waals surface area (Å²) in [6.45, 7) is 2.38. The van der Waals surface area contributed by atoms with Crippen molar-refractivity contribution in [3.63, 3.8) is 0 Å². The number of anilines is 1. The molecule has 31 heavy (non-hydrogen) atoms. The SMILES string of the molecule is CCOC(=O)C1=NN(c2ccccc2)C(C(=O)NCCc2ccc(C(=O)OC)cc2)C1. The molecule has 2 aromatic carbocycles. The smallest absolute Gasteiger partial charge is 0.354 e. The van der Waals surface area contributed by atoms with Crippen LogP contribution in [0.5, 0.6) is 0 Å². The van der Waals surface area contributed by atoms with Crippen molar-refractivity contribution in [1.29, 1.82) is 0 Å². The number of hydrogen-bond acceptors (Lipinski definition) is 7. The Balaban J connectivity index is 1.62. The zero-order valence-electron chi connectivity index (χ0n) is 17.5. The van der Waals surface area contributed by atoms with Crippen LogP contribution in [-0.2, 0) is 25.5 Å². The van der Waals surface area contributed by atoms with Gasteiger partial charge in [0.05, 0.1) is 25.0 Å². The van der Waals surface area contributed by atoms with Crippen LogP contribution in [0.25, 0.3) is 0 Å². The number of carbonyl (C=O) groups is 3. The van der Waals surface area contributed by atoms with E-state index >= 15 is 0 Å². The lowest BCUT2D eigenvalue weighted by Gasteiger charge is -2.22. The Hall–Kier alpha value is -3.68. The molecule has 0 bridgehead atoms. The number of nitrogens with one attached hydrogen (secondary N) is 1. The second-order valence-corrected chi connectivity index (χ2v) is 6.90. The summed E-state index contributed by atoms with van der Waals surface area (Å²) in [4.78, 5) is 36.5. The van der Waals surface area contributed by atoms with E-state index in [1.165, 1.54) is 7.11 Å². The van der Waals surface area contributed by atoms with Gasteiger partial charge in [-0.05, 0) is 43.2 Å². The molecule has 1 N–H and O–H groups in total. The Morgan fingerprint density at radius 2 is 1.77 bits per heavy atom. The van der Waals surface area contributed by atoms with Crippen LogP contribution in [0.15, 0.2) is 59.7 Å². The molecule has 0 aromatic heterocycles. The maximum Gasteiger partial charge on any atom is 0.354 e. The Labute approximate surface area is 180 Å². The van der Waals surface area contributed by atoms with Crippen molar-refractivity contribution in [3.8, 4) is 0 Å². The number of esters is 2. The summed E-state index contributed by atoms with van der Waals surface area (Å²) >= 11 is 0. The van der Waals surface area contributed by atoms with Gasteiger partial charge in [-0.3, -0.25) is 9.80 Å². The lowest BCUT2D eigenvalue weighted by atomic mass is 10.1. The first-order valence-electron chi connectivity index (χ1n) is 10.1. The monoisotopic (exact) mass is 423 g/mol. The van der Waals surface area contributed by atoms with Gasteiger partial charge in [0, 0.05) is 13.0 Å². The molecule has 1 atom stereocenters. The lowest BCUT2D eigenvalue weighted by Crippen LogP contribution is -2.43. The molecule has 162 valence electrons. The van der Waals surface area contributed by atoms with Crippen LogP contribution >= 0.6 is 0 Å². The molecule has 1 aliphatic rings. The first-order chi connectivity index (χ1) is 15.0. The normalized spacial score (nSPS) is 15.2. The summed E-state index contributed by atoms with van der Waals surface area (Å²) in [5, 5.41) is 8.83. The quantitative estimate of drug-likeness (QED) is 0.655. The van der Waals surface area contributed by atoms with E-state index in [4.69, 9.17) is 4.74 Å². The molecule has 8 nitrogen and oxygen atoms in total. The maximum absolute atomic E-state index is 12.9. The van der Waals surface area contributed by atoms with Crippen LogP contribution in [0.4, 0.5) is 5.69 Å². The molecule has 0 fully saturated rings. The van der Waals surface area contributed by atoms with Gasteiger partial charge in [-0.1, -0.05) is 30.3 Å². The fourth-order valence-corrected chi connectivity index (χ4v) is 3.24. The van der Waals surface area contributed by atoms with Crippen LogP contribution in [0.3, 0.4) is 0 Å². The van der Waals surface area contributed by atoms with E-state index in [2.05, 4.69) is 15.2 Å². The van der Waals surface area contributed by atoms with Crippen LogP contribution in [0.1, 0.15) is 29.3 Å². The van der Waals surface area contributed by atoms with Gasteiger partial charge >= 0.3 is 11.9 Å². The number of methoxy groups -OCH3 is 1. The zero-order valence-corrected chi connectivity index (χ0v) is 17.5. The number of benzene rings is 2. The highest BCUT2D eigenvalue weighted by atomic mass is 16.5. The molecule has 0 saturated heterocycles. The first kappa shape index (κ1) is 22.0. The van der Waals surface area contributed by atoms with Crippen LogP contribution in [0, 0.1) is 0 Å².